The predicted molar refractivity (Wildman–Crippen MR) is 99.9 cm³/mol. The van der Waals surface area contributed by atoms with Crippen LogP contribution < -0.4 is 44.1 Å². The largest absolute Gasteiger partial charge is 1.00 e. The quantitative estimate of drug-likeness (QED) is 0.592. The Labute approximate surface area is 184 Å². The van der Waals surface area contributed by atoms with E-state index in [2.05, 4.69) is 10.4 Å². The van der Waals surface area contributed by atoms with E-state index in [4.69, 9.17) is 9.47 Å². The van der Waals surface area contributed by atoms with E-state index in [0.717, 1.165) is 38.4 Å². The number of benzene rings is 2. The molecule has 1 heterocycles. The monoisotopic (exact) mass is 391 g/mol. The minimum Gasteiger partial charge on any atom is -0.545 e. The molecule has 0 aliphatic carbocycles. The molecule has 0 aliphatic rings. The summed E-state index contributed by atoms with van der Waals surface area (Å²) in [6.07, 6.45) is 1.74. The molecular weight excluding hydrogens is 373 g/mol. The number of hydrogen-bond acceptors (Lipinski definition) is 6. The second-order valence-corrected chi connectivity index (χ2v) is 6.69. The Morgan fingerprint density at radius 2 is 1.74 bits per heavy atom. The molecule has 0 amide bonds. The van der Waals surface area contributed by atoms with Gasteiger partial charge in [-0.3, -0.25) is 0 Å². The van der Waals surface area contributed by atoms with Gasteiger partial charge in [0, 0.05) is 17.3 Å². The smallest absolute Gasteiger partial charge is 0.545 e. The number of hydrogen-bond donors (Lipinski definition) is 0. The third-order valence-electron chi connectivity index (χ3n) is 4.40. The number of rotatable bonds is 5. The molecule has 0 N–H and O–H groups in total. The minimum absolute atomic E-state index is 0. The van der Waals surface area contributed by atoms with Crippen molar-refractivity contribution in [2.24, 2.45) is 0 Å². The summed E-state index contributed by atoms with van der Waals surface area (Å²) < 4.78 is 14.9. The molecule has 0 atom stereocenters. The number of methoxy groups -OCH3 is 2. The summed E-state index contributed by atoms with van der Waals surface area (Å²) in [5.74, 6) is -0.197. The summed E-state index contributed by atoms with van der Waals surface area (Å²) in [4.78, 5) is 12.3. The van der Waals surface area contributed by atoms with Crippen molar-refractivity contribution in [3.05, 3.63) is 53.2 Å². The van der Waals surface area contributed by atoms with E-state index in [1.54, 1.807) is 25.4 Å². The Kier molecular flexibility index (Phi) is 7.06. The van der Waals surface area contributed by atoms with Crippen LogP contribution in [0, 0.1) is 13.8 Å². The summed E-state index contributed by atoms with van der Waals surface area (Å²) in [7, 11) is 3.08. The average molecular weight is 391 g/mol. The van der Waals surface area contributed by atoms with Gasteiger partial charge in [-0.05, 0) is 65.8 Å². The maximum atomic E-state index is 11.4. The SMILES string of the molecule is COc1ccc(-c2cnsc2-c2cc(C)c(C)c(OC)c2)cc1C(=O)[O-].[Na+]. The van der Waals surface area contributed by atoms with Gasteiger partial charge in [0.05, 0.1) is 25.1 Å². The van der Waals surface area contributed by atoms with Gasteiger partial charge >= 0.3 is 29.6 Å². The molecule has 0 spiro atoms. The zero-order valence-electron chi connectivity index (χ0n) is 16.0. The average Bonchev–Trinajstić information content (AvgIpc) is 3.13. The van der Waals surface area contributed by atoms with Crippen LogP contribution in [-0.4, -0.2) is 24.6 Å². The fourth-order valence-corrected chi connectivity index (χ4v) is 3.61. The molecule has 2 aromatic carbocycles. The zero-order chi connectivity index (χ0) is 18.8. The first-order valence-electron chi connectivity index (χ1n) is 7.96. The van der Waals surface area contributed by atoms with Crippen molar-refractivity contribution in [3.63, 3.8) is 0 Å². The van der Waals surface area contributed by atoms with E-state index in [0.29, 0.717) is 0 Å². The van der Waals surface area contributed by atoms with Gasteiger partial charge in [0.15, 0.2) is 0 Å². The maximum Gasteiger partial charge on any atom is 1.00 e. The first-order valence-corrected chi connectivity index (χ1v) is 8.73. The van der Waals surface area contributed by atoms with Gasteiger partial charge in [-0.1, -0.05) is 12.1 Å². The molecule has 3 aromatic rings. The Morgan fingerprint density at radius 1 is 1.04 bits per heavy atom. The number of carboxylic acids is 1. The Balaban J connectivity index is 0.00000261. The number of aryl methyl sites for hydroxylation is 1. The van der Waals surface area contributed by atoms with Crippen molar-refractivity contribution in [3.8, 4) is 33.1 Å². The van der Waals surface area contributed by atoms with Gasteiger partial charge in [0.25, 0.3) is 0 Å². The number of aromatic nitrogens is 1. The van der Waals surface area contributed by atoms with Gasteiger partial charge < -0.3 is 19.4 Å². The molecule has 0 saturated carbocycles. The molecule has 5 nitrogen and oxygen atoms in total. The van der Waals surface area contributed by atoms with Crippen LogP contribution >= 0.6 is 11.5 Å². The molecule has 0 saturated heterocycles. The Hall–Kier alpha value is -1.86. The van der Waals surface area contributed by atoms with Crippen molar-refractivity contribution in [1.29, 1.82) is 0 Å². The van der Waals surface area contributed by atoms with Crippen LogP contribution in [0.2, 0.25) is 0 Å². The summed E-state index contributed by atoms with van der Waals surface area (Å²) in [6, 6.07) is 9.06. The van der Waals surface area contributed by atoms with E-state index in [9.17, 15) is 9.90 Å². The normalized spacial score (nSPS) is 10.2. The van der Waals surface area contributed by atoms with Gasteiger partial charge in [-0.15, -0.1) is 0 Å². The van der Waals surface area contributed by atoms with Crippen molar-refractivity contribution < 1.29 is 48.9 Å². The number of carboxylic acid groups (broad SMARTS) is 1. The molecule has 0 bridgehead atoms. The van der Waals surface area contributed by atoms with Crippen LogP contribution in [0.4, 0.5) is 0 Å². The van der Waals surface area contributed by atoms with Crippen LogP contribution in [0.5, 0.6) is 11.5 Å². The number of carbonyl (C=O) groups excluding carboxylic acids is 1. The molecule has 1 aromatic heterocycles. The molecule has 7 heteroatoms. The van der Waals surface area contributed by atoms with Gasteiger partial charge in [-0.25, -0.2) is 0 Å². The molecule has 0 unspecified atom stereocenters. The standard InChI is InChI=1S/C20H19NO4S.Na/c1-11-7-14(9-18(25-4)12(11)2)19-16(10-21-26-19)13-5-6-17(24-3)15(8-13)20(22)23;/h5-10H,1-4H3,(H,22,23);/q;+1/p-1. The van der Waals surface area contributed by atoms with Crippen LogP contribution in [0.3, 0.4) is 0 Å². The molecule has 134 valence electrons. The van der Waals surface area contributed by atoms with Crippen LogP contribution in [-0.2, 0) is 0 Å². The summed E-state index contributed by atoms with van der Waals surface area (Å²) in [5.41, 5.74) is 4.79. The van der Waals surface area contributed by atoms with Gasteiger partial charge in [0.1, 0.15) is 11.5 Å². The van der Waals surface area contributed by atoms with Crippen molar-refractivity contribution in [1.82, 2.24) is 4.37 Å². The van der Waals surface area contributed by atoms with E-state index in [1.165, 1.54) is 18.6 Å². The van der Waals surface area contributed by atoms with Crippen LogP contribution in [0.15, 0.2) is 36.5 Å². The first-order chi connectivity index (χ1) is 12.5. The summed E-state index contributed by atoms with van der Waals surface area (Å²) in [6.45, 7) is 4.05. The van der Waals surface area contributed by atoms with Crippen LogP contribution in [0.1, 0.15) is 21.5 Å². The molecule has 3 rings (SSSR count). The topological polar surface area (TPSA) is 71.5 Å². The third kappa shape index (κ3) is 4.19. The second kappa shape index (κ2) is 8.89. The van der Waals surface area contributed by atoms with Gasteiger partial charge in [-0.2, -0.15) is 4.37 Å². The zero-order valence-corrected chi connectivity index (χ0v) is 18.8. The molecule has 0 radical (unpaired) electrons. The predicted octanol–water partition coefficient (Wildman–Crippen LogP) is 0.479. The number of carbonyl (C=O) groups is 1. The Bertz CT molecular complexity index is 984. The number of aromatic carboxylic acids is 1. The summed E-state index contributed by atoms with van der Waals surface area (Å²) >= 11 is 1.36. The second-order valence-electron chi connectivity index (χ2n) is 5.89. The molecule has 0 fully saturated rings. The molecule has 0 aliphatic heterocycles. The van der Waals surface area contributed by atoms with Crippen LogP contribution in [0.25, 0.3) is 21.6 Å². The number of nitrogens with zero attached hydrogens (tertiary/aromatic N) is 1. The van der Waals surface area contributed by atoms with Crippen molar-refractivity contribution >= 4 is 17.5 Å². The fourth-order valence-electron chi connectivity index (χ4n) is 2.86. The molecular formula is C20H18NNaO4S. The van der Waals surface area contributed by atoms with E-state index >= 15 is 0 Å². The van der Waals surface area contributed by atoms with Gasteiger partial charge in [0.2, 0.25) is 0 Å². The first kappa shape index (κ1) is 21.4. The maximum absolute atomic E-state index is 11.4. The fraction of sp³-hybridized carbons (Fsp3) is 0.200. The van der Waals surface area contributed by atoms with Crippen molar-refractivity contribution in [2.75, 3.05) is 14.2 Å². The minimum atomic E-state index is -1.28. The third-order valence-corrected chi connectivity index (χ3v) is 5.25. The van der Waals surface area contributed by atoms with Crippen molar-refractivity contribution in [2.45, 2.75) is 13.8 Å². The van der Waals surface area contributed by atoms with E-state index in [1.807, 2.05) is 26.0 Å². The number of ether oxygens (including phenoxy) is 2. The van der Waals surface area contributed by atoms with E-state index < -0.39 is 5.97 Å². The van der Waals surface area contributed by atoms with E-state index in [-0.39, 0.29) is 40.9 Å². The Morgan fingerprint density at radius 3 is 2.37 bits per heavy atom. The molecule has 27 heavy (non-hydrogen) atoms. The summed E-state index contributed by atoms with van der Waals surface area (Å²) in [5, 5.41) is 11.4.